The van der Waals surface area contributed by atoms with Gasteiger partial charge in [-0.25, -0.2) is 0 Å². The lowest BCUT2D eigenvalue weighted by atomic mass is 10.1. The number of halogens is 2. The Bertz CT molecular complexity index is 751. The standard InChI is InChI=1S/C16H15Cl2N3O3/c1-10(11-2-4-12(17)5-3-11)19-9-16(22)20-14-8-13(18)6-7-15(14)21(23)24/h2-8,10,19H,9H2,1H3,(H,20,22)/p+1/t10-/m1/s1. The first-order valence-corrected chi connectivity index (χ1v) is 7.95. The summed E-state index contributed by atoms with van der Waals surface area (Å²) in [7, 11) is 0. The summed E-state index contributed by atoms with van der Waals surface area (Å²) in [5.41, 5.74) is 0.921. The average Bonchev–Trinajstić information content (AvgIpc) is 2.53. The topological polar surface area (TPSA) is 88.8 Å². The van der Waals surface area contributed by atoms with Gasteiger partial charge in [0.1, 0.15) is 11.7 Å². The molecule has 0 aliphatic heterocycles. The normalized spacial score (nSPS) is 11.8. The molecule has 8 heteroatoms. The molecule has 0 aliphatic carbocycles. The highest BCUT2D eigenvalue weighted by Crippen LogP contribution is 2.27. The average molecular weight is 369 g/mol. The Morgan fingerprint density at radius 1 is 1.21 bits per heavy atom. The minimum Gasteiger partial charge on any atom is -0.333 e. The number of quaternary nitrogens is 1. The van der Waals surface area contributed by atoms with Gasteiger partial charge in [0.05, 0.1) is 4.92 Å². The van der Waals surface area contributed by atoms with Gasteiger partial charge in [-0.1, -0.05) is 35.3 Å². The summed E-state index contributed by atoms with van der Waals surface area (Å²) < 4.78 is 0. The van der Waals surface area contributed by atoms with Crippen molar-refractivity contribution in [3.05, 3.63) is 68.2 Å². The maximum Gasteiger partial charge on any atom is 0.292 e. The summed E-state index contributed by atoms with van der Waals surface area (Å²) >= 11 is 11.7. The molecular weight excluding hydrogens is 353 g/mol. The third-order valence-electron chi connectivity index (χ3n) is 3.48. The Balaban J connectivity index is 1.97. The van der Waals surface area contributed by atoms with E-state index in [1.807, 2.05) is 24.4 Å². The van der Waals surface area contributed by atoms with Gasteiger partial charge in [0.15, 0.2) is 6.54 Å². The van der Waals surface area contributed by atoms with Crippen LogP contribution in [0.1, 0.15) is 18.5 Å². The Hall–Kier alpha value is -2.15. The molecule has 24 heavy (non-hydrogen) atoms. The second kappa shape index (κ2) is 8.10. The third-order valence-corrected chi connectivity index (χ3v) is 3.97. The molecule has 126 valence electrons. The van der Waals surface area contributed by atoms with Crippen LogP contribution in [0.4, 0.5) is 11.4 Å². The zero-order valence-corrected chi connectivity index (χ0v) is 14.3. The lowest BCUT2D eigenvalue weighted by Crippen LogP contribution is -2.86. The van der Waals surface area contributed by atoms with E-state index in [0.717, 1.165) is 5.56 Å². The number of nitrogens with zero attached hydrogens (tertiary/aromatic N) is 1. The maximum absolute atomic E-state index is 12.1. The second-order valence-electron chi connectivity index (χ2n) is 5.25. The fourth-order valence-corrected chi connectivity index (χ4v) is 2.45. The van der Waals surface area contributed by atoms with E-state index in [2.05, 4.69) is 5.32 Å². The van der Waals surface area contributed by atoms with Gasteiger partial charge in [0.2, 0.25) is 0 Å². The molecule has 0 radical (unpaired) electrons. The molecule has 0 spiro atoms. The lowest BCUT2D eigenvalue weighted by molar-refractivity contribution is -0.682. The van der Waals surface area contributed by atoms with Gasteiger partial charge in [-0.2, -0.15) is 0 Å². The number of nitrogens with two attached hydrogens (primary N) is 1. The van der Waals surface area contributed by atoms with Gasteiger partial charge in [0.25, 0.3) is 11.6 Å². The van der Waals surface area contributed by atoms with Crippen LogP contribution in [0, 0.1) is 10.1 Å². The number of benzene rings is 2. The molecule has 0 aliphatic rings. The Labute approximate surface area is 148 Å². The number of nitrogens with one attached hydrogen (secondary N) is 1. The molecule has 0 saturated carbocycles. The first kappa shape index (κ1) is 18.2. The predicted octanol–water partition coefficient (Wildman–Crippen LogP) is 3.16. The van der Waals surface area contributed by atoms with Gasteiger partial charge in [-0.15, -0.1) is 0 Å². The van der Waals surface area contributed by atoms with Crippen LogP contribution in [0.3, 0.4) is 0 Å². The number of hydrogen-bond acceptors (Lipinski definition) is 3. The van der Waals surface area contributed by atoms with Crippen LogP contribution in [0.2, 0.25) is 10.0 Å². The summed E-state index contributed by atoms with van der Waals surface area (Å²) in [6, 6.07) is 11.4. The highest BCUT2D eigenvalue weighted by Gasteiger charge is 2.18. The van der Waals surface area contributed by atoms with E-state index in [-0.39, 0.29) is 29.9 Å². The molecular formula is C16H16Cl2N3O3+. The van der Waals surface area contributed by atoms with E-state index < -0.39 is 4.92 Å². The van der Waals surface area contributed by atoms with Crippen LogP contribution >= 0.6 is 23.2 Å². The summed E-state index contributed by atoms with van der Waals surface area (Å²) in [5.74, 6) is -0.346. The molecule has 0 fully saturated rings. The molecule has 1 amide bonds. The molecule has 0 unspecified atom stereocenters. The van der Waals surface area contributed by atoms with E-state index in [0.29, 0.717) is 10.0 Å². The molecule has 6 nitrogen and oxygen atoms in total. The van der Waals surface area contributed by atoms with Crippen molar-refractivity contribution in [3.8, 4) is 0 Å². The summed E-state index contributed by atoms with van der Waals surface area (Å²) in [6.45, 7) is 2.08. The number of hydrogen-bond donors (Lipinski definition) is 2. The third kappa shape index (κ3) is 4.92. The van der Waals surface area contributed by atoms with Crippen LogP contribution in [-0.4, -0.2) is 17.4 Å². The van der Waals surface area contributed by atoms with Crippen molar-refractivity contribution in [3.63, 3.8) is 0 Å². The first-order chi connectivity index (χ1) is 11.4. The summed E-state index contributed by atoms with van der Waals surface area (Å²) in [4.78, 5) is 22.5. The zero-order valence-electron chi connectivity index (χ0n) is 12.8. The summed E-state index contributed by atoms with van der Waals surface area (Å²) in [5, 5.41) is 16.3. The molecule has 3 N–H and O–H groups in total. The van der Waals surface area contributed by atoms with Crippen molar-refractivity contribution < 1.29 is 15.0 Å². The SMILES string of the molecule is C[C@@H]([NH2+]CC(=O)Nc1cc(Cl)ccc1[N+](=O)[O-])c1ccc(Cl)cc1. The molecule has 0 heterocycles. The second-order valence-corrected chi connectivity index (χ2v) is 6.12. The van der Waals surface area contributed by atoms with Crippen molar-refractivity contribution in [1.29, 1.82) is 0 Å². The quantitative estimate of drug-likeness (QED) is 0.606. The largest absolute Gasteiger partial charge is 0.333 e. The van der Waals surface area contributed by atoms with E-state index >= 15 is 0 Å². The van der Waals surface area contributed by atoms with Crippen LogP contribution in [-0.2, 0) is 4.79 Å². The highest BCUT2D eigenvalue weighted by atomic mass is 35.5. The minimum atomic E-state index is -0.564. The van der Waals surface area contributed by atoms with Gasteiger partial charge in [0, 0.05) is 21.7 Å². The van der Waals surface area contributed by atoms with Crippen molar-refractivity contribution in [1.82, 2.24) is 0 Å². The fraction of sp³-hybridized carbons (Fsp3) is 0.188. The molecule has 1 atom stereocenters. The molecule has 0 bridgehead atoms. The predicted molar refractivity (Wildman–Crippen MR) is 93.4 cm³/mol. The minimum absolute atomic E-state index is 0.0439. The molecule has 2 aromatic rings. The Morgan fingerprint density at radius 3 is 2.46 bits per heavy atom. The van der Waals surface area contributed by atoms with E-state index in [4.69, 9.17) is 23.2 Å². The molecule has 2 aromatic carbocycles. The van der Waals surface area contributed by atoms with E-state index in [1.165, 1.54) is 18.2 Å². The van der Waals surface area contributed by atoms with Crippen molar-refractivity contribution >= 4 is 40.5 Å². The van der Waals surface area contributed by atoms with E-state index in [9.17, 15) is 14.9 Å². The Kier molecular flexibility index (Phi) is 6.14. The zero-order chi connectivity index (χ0) is 17.7. The molecule has 0 aromatic heterocycles. The lowest BCUT2D eigenvalue weighted by Gasteiger charge is -2.11. The fourth-order valence-electron chi connectivity index (χ4n) is 2.16. The van der Waals surface area contributed by atoms with Crippen LogP contribution in [0.15, 0.2) is 42.5 Å². The monoisotopic (exact) mass is 368 g/mol. The number of nitro groups is 1. The summed E-state index contributed by atoms with van der Waals surface area (Å²) in [6.07, 6.45) is 0. The van der Waals surface area contributed by atoms with Crippen molar-refractivity contribution in [2.45, 2.75) is 13.0 Å². The van der Waals surface area contributed by atoms with Crippen molar-refractivity contribution in [2.24, 2.45) is 0 Å². The smallest absolute Gasteiger partial charge is 0.292 e. The number of nitro benzene ring substituents is 1. The highest BCUT2D eigenvalue weighted by molar-refractivity contribution is 6.31. The number of carbonyl (C=O) groups is 1. The number of rotatable bonds is 6. The van der Waals surface area contributed by atoms with Gasteiger partial charge < -0.3 is 10.6 Å². The van der Waals surface area contributed by atoms with Crippen LogP contribution in [0.5, 0.6) is 0 Å². The first-order valence-electron chi connectivity index (χ1n) is 7.19. The number of carbonyl (C=O) groups excluding carboxylic acids is 1. The van der Waals surface area contributed by atoms with Crippen LogP contribution in [0.25, 0.3) is 0 Å². The molecule has 2 rings (SSSR count). The van der Waals surface area contributed by atoms with Crippen molar-refractivity contribution in [2.75, 3.05) is 11.9 Å². The molecule has 0 saturated heterocycles. The number of anilines is 1. The van der Waals surface area contributed by atoms with Gasteiger partial charge in [-0.05, 0) is 31.2 Å². The maximum atomic E-state index is 12.1. The van der Waals surface area contributed by atoms with Gasteiger partial charge in [-0.3, -0.25) is 14.9 Å². The number of amides is 1. The van der Waals surface area contributed by atoms with E-state index in [1.54, 1.807) is 12.1 Å². The van der Waals surface area contributed by atoms with Crippen LogP contribution < -0.4 is 10.6 Å². The Morgan fingerprint density at radius 2 is 1.83 bits per heavy atom. The van der Waals surface area contributed by atoms with Gasteiger partial charge >= 0.3 is 0 Å².